The van der Waals surface area contributed by atoms with Gasteiger partial charge in [0.2, 0.25) is 0 Å². The Kier molecular flexibility index (Phi) is 1.80. The van der Waals surface area contributed by atoms with Crippen molar-refractivity contribution in [2.75, 3.05) is 0 Å². The highest BCUT2D eigenvalue weighted by Gasteiger charge is 2.03. The molecule has 0 aliphatic rings. The second-order valence-corrected chi connectivity index (χ2v) is 3.84. The number of nitrogens with zero attached hydrogens (tertiary/aromatic N) is 2. The highest BCUT2D eigenvalue weighted by atomic mass is 16.1. The molecule has 0 atom stereocenters. The van der Waals surface area contributed by atoms with Gasteiger partial charge in [0.25, 0.3) is 0 Å². The summed E-state index contributed by atoms with van der Waals surface area (Å²) in [6, 6.07) is 11.3. The lowest BCUT2D eigenvalue weighted by molar-refractivity contribution is 0.933. The molecule has 0 amide bonds. The molecule has 16 heavy (non-hydrogen) atoms. The molecular formula is C13H10N2O. The third-order valence-corrected chi connectivity index (χ3v) is 2.75. The van der Waals surface area contributed by atoms with E-state index in [0.717, 1.165) is 16.6 Å². The number of benzene rings is 1. The Morgan fingerprint density at radius 1 is 1.19 bits per heavy atom. The molecule has 0 aliphatic heterocycles. The first kappa shape index (κ1) is 9.09. The largest absolute Gasteiger partial charge is 0.335 e. The van der Waals surface area contributed by atoms with Crippen LogP contribution >= 0.6 is 0 Å². The summed E-state index contributed by atoms with van der Waals surface area (Å²) in [6.07, 6.45) is 1.74. The molecule has 78 valence electrons. The highest BCUT2D eigenvalue weighted by molar-refractivity contribution is 5.90. The van der Waals surface area contributed by atoms with E-state index in [-0.39, 0.29) is 5.43 Å². The number of aryl methyl sites for hydroxylation is 1. The smallest absolute Gasteiger partial charge is 0.191 e. The van der Waals surface area contributed by atoms with E-state index in [1.54, 1.807) is 12.3 Å². The molecule has 0 bridgehead atoms. The molecule has 3 rings (SSSR count). The average molecular weight is 210 g/mol. The van der Waals surface area contributed by atoms with Crippen LogP contribution in [0.15, 0.2) is 47.4 Å². The fourth-order valence-corrected chi connectivity index (χ4v) is 1.90. The molecule has 0 spiro atoms. The van der Waals surface area contributed by atoms with Gasteiger partial charge in [-0.2, -0.15) is 0 Å². The number of aromatic nitrogens is 2. The number of hydrogen-bond acceptors (Lipinski definition) is 2. The maximum atomic E-state index is 11.7. The summed E-state index contributed by atoms with van der Waals surface area (Å²) in [6.45, 7) is 0. The standard InChI is InChI=1S/C13H10N2O/c1-15-7-6-12(16)10-8-9-4-2-3-5-11(9)14-13(10)15/h2-8H,1H3. The fraction of sp³-hybridized carbons (Fsp3) is 0.0769. The minimum atomic E-state index is 0.0198. The average Bonchev–Trinajstić information content (AvgIpc) is 2.32. The highest BCUT2D eigenvalue weighted by Crippen LogP contribution is 2.16. The van der Waals surface area contributed by atoms with E-state index in [1.807, 2.05) is 41.9 Å². The fourth-order valence-electron chi connectivity index (χ4n) is 1.90. The van der Waals surface area contributed by atoms with Crippen molar-refractivity contribution >= 4 is 21.9 Å². The van der Waals surface area contributed by atoms with Crippen LogP contribution in [-0.4, -0.2) is 9.55 Å². The van der Waals surface area contributed by atoms with Crippen molar-refractivity contribution in [1.82, 2.24) is 9.55 Å². The molecule has 0 saturated carbocycles. The summed E-state index contributed by atoms with van der Waals surface area (Å²) < 4.78 is 1.86. The zero-order valence-corrected chi connectivity index (χ0v) is 8.84. The summed E-state index contributed by atoms with van der Waals surface area (Å²) in [4.78, 5) is 16.2. The van der Waals surface area contributed by atoms with Gasteiger partial charge >= 0.3 is 0 Å². The zero-order chi connectivity index (χ0) is 11.1. The lowest BCUT2D eigenvalue weighted by Crippen LogP contribution is -2.06. The Bertz CT molecular complexity index is 744. The molecule has 0 fully saturated rings. The van der Waals surface area contributed by atoms with Crippen LogP contribution in [0.5, 0.6) is 0 Å². The molecule has 2 heterocycles. The molecular weight excluding hydrogens is 200 g/mol. The van der Waals surface area contributed by atoms with Crippen LogP contribution < -0.4 is 5.43 Å². The van der Waals surface area contributed by atoms with Crippen LogP contribution in [0.25, 0.3) is 21.9 Å². The summed E-state index contributed by atoms with van der Waals surface area (Å²) in [5.41, 5.74) is 1.66. The number of para-hydroxylation sites is 1. The summed E-state index contributed by atoms with van der Waals surface area (Å²) in [7, 11) is 1.89. The lowest BCUT2D eigenvalue weighted by Gasteiger charge is -2.05. The molecule has 3 heteroatoms. The SMILES string of the molecule is Cn1ccc(=O)c2cc3ccccc3nc21. The van der Waals surface area contributed by atoms with Gasteiger partial charge in [0.1, 0.15) is 5.65 Å². The molecule has 0 radical (unpaired) electrons. The van der Waals surface area contributed by atoms with Crippen molar-refractivity contribution < 1.29 is 0 Å². The quantitative estimate of drug-likeness (QED) is 0.532. The summed E-state index contributed by atoms with van der Waals surface area (Å²) >= 11 is 0. The number of hydrogen-bond donors (Lipinski definition) is 0. The maximum absolute atomic E-state index is 11.7. The molecule has 3 nitrogen and oxygen atoms in total. The minimum Gasteiger partial charge on any atom is -0.335 e. The Labute approximate surface area is 92.0 Å². The Hall–Kier alpha value is -2.16. The second-order valence-electron chi connectivity index (χ2n) is 3.84. The monoisotopic (exact) mass is 210 g/mol. The predicted molar refractivity (Wildman–Crippen MR) is 64.5 cm³/mol. The normalized spacial score (nSPS) is 11.1. The van der Waals surface area contributed by atoms with Gasteiger partial charge in [-0.25, -0.2) is 4.98 Å². The minimum absolute atomic E-state index is 0.0198. The van der Waals surface area contributed by atoms with Gasteiger partial charge in [0.15, 0.2) is 5.43 Å². The van der Waals surface area contributed by atoms with E-state index in [1.165, 1.54) is 0 Å². The zero-order valence-electron chi connectivity index (χ0n) is 8.84. The third-order valence-electron chi connectivity index (χ3n) is 2.75. The molecule has 0 unspecified atom stereocenters. The Balaban J connectivity index is 2.61. The van der Waals surface area contributed by atoms with Crippen molar-refractivity contribution in [3.05, 3.63) is 52.8 Å². The van der Waals surface area contributed by atoms with Crippen molar-refractivity contribution in [1.29, 1.82) is 0 Å². The van der Waals surface area contributed by atoms with Crippen LogP contribution in [0.4, 0.5) is 0 Å². The molecule has 0 saturated heterocycles. The summed E-state index contributed by atoms with van der Waals surface area (Å²) in [5, 5.41) is 1.67. The molecule has 2 aromatic heterocycles. The van der Waals surface area contributed by atoms with Crippen LogP contribution in [0.3, 0.4) is 0 Å². The van der Waals surface area contributed by atoms with Crippen molar-refractivity contribution in [2.45, 2.75) is 0 Å². The van der Waals surface area contributed by atoms with Gasteiger partial charge in [0, 0.05) is 24.7 Å². The first-order valence-corrected chi connectivity index (χ1v) is 5.11. The van der Waals surface area contributed by atoms with E-state index in [9.17, 15) is 4.79 Å². The van der Waals surface area contributed by atoms with Crippen LogP contribution in [0, 0.1) is 0 Å². The van der Waals surface area contributed by atoms with Gasteiger partial charge in [-0.1, -0.05) is 18.2 Å². The molecule has 0 N–H and O–H groups in total. The van der Waals surface area contributed by atoms with Gasteiger partial charge < -0.3 is 4.57 Å². The van der Waals surface area contributed by atoms with Gasteiger partial charge in [-0.05, 0) is 12.1 Å². The van der Waals surface area contributed by atoms with E-state index >= 15 is 0 Å². The maximum Gasteiger partial charge on any atom is 0.191 e. The predicted octanol–water partition coefficient (Wildman–Crippen LogP) is 2.09. The third kappa shape index (κ3) is 1.21. The Morgan fingerprint density at radius 2 is 2.00 bits per heavy atom. The van der Waals surface area contributed by atoms with Gasteiger partial charge in [0.05, 0.1) is 10.9 Å². The lowest BCUT2D eigenvalue weighted by atomic mass is 10.1. The van der Waals surface area contributed by atoms with E-state index in [2.05, 4.69) is 4.98 Å². The van der Waals surface area contributed by atoms with E-state index in [4.69, 9.17) is 0 Å². The van der Waals surface area contributed by atoms with Crippen LogP contribution in [-0.2, 0) is 7.05 Å². The van der Waals surface area contributed by atoms with Gasteiger partial charge in [-0.3, -0.25) is 4.79 Å². The van der Waals surface area contributed by atoms with Crippen molar-refractivity contribution in [3.8, 4) is 0 Å². The molecule has 0 aliphatic carbocycles. The second kappa shape index (κ2) is 3.17. The van der Waals surface area contributed by atoms with Crippen LogP contribution in [0.2, 0.25) is 0 Å². The Morgan fingerprint density at radius 3 is 2.88 bits per heavy atom. The topological polar surface area (TPSA) is 34.9 Å². The van der Waals surface area contributed by atoms with E-state index < -0.39 is 0 Å². The number of fused-ring (bicyclic) bond motifs is 2. The van der Waals surface area contributed by atoms with Crippen molar-refractivity contribution in [2.24, 2.45) is 7.05 Å². The molecule has 3 aromatic rings. The van der Waals surface area contributed by atoms with Crippen LogP contribution in [0.1, 0.15) is 0 Å². The van der Waals surface area contributed by atoms with Gasteiger partial charge in [-0.15, -0.1) is 0 Å². The molecule has 1 aromatic carbocycles. The summed E-state index contributed by atoms with van der Waals surface area (Å²) in [5.74, 6) is 0. The first-order chi connectivity index (χ1) is 7.75. The number of pyridine rings is 2. The van der Waals surface area contributed by atoms with E-state index in [0.29, 0.717) is 5.39 Å². The van der Waals surface area contributed by atoms with Crippen molar-refractivity contribution in [3.63, 3.8) is 0 Å². The first-order valence-electron chi connectivity index (χ1n) is 5.11. The number of rotatable bonds is 0.